The van der Waals surface area contributed by atoms with Gasteiger partial charge in [0.1, 0.15) is 0 Å². The average Bonchev–Trinajstić information content (AvgIpc) is 2.03. The SMILES string of the molecule is CS(=O)(=O)C(=O)N1CCNCC1. The van der Waals surface area contributed by atoms with Gasteiger partial charge in [-0.3, -0.25) is 4.79 Å². The molecule has 0 aromatic heterocycles. The third kappa shape index (κ3) is 2.18. The molecular weight excluding hydrogens is 180 g/mol. The molecule has 5 nitrogen and oxygen atoms in total. The zero-order valence-electron chi connectivity index (χ0n) is 6.91. The summed E-state index contributed by atoms with van der Waals surface area (Å²) in [5.74, 6) is 0. The lowest BCUT2D eigenvalue weighted by Gasteiger charge is -2.26. The molecule has 0 atom stereocenters. The fourth-order valence-corrected chi connectivity index (χ4v) is 1.73. The third-order valence-corrected chi connectivity index (χ3v) is 2.58. The second-order valence-corrected chi connectivity index (χ2v) is 4.67. The van der Waals surface area contributed by atoms with Crippen molar-refractivity contribution in [3.8, 4) is 0 Å². The summed E-state index contributed by atoms with van der Waals surface area (Å²) in [6, 6.07) is 0. The van der Waals surface area contributed by atoms with Gasteiger partial charge in [0.25, 0.3) is 0 Å². The van der Waals surface area contributed by atoms with Crippen LogP contribution in [-0.2, 0) is 9.84 Å². The molecule has 0 bridgehead atoms. The Morgan fingerprint density at radius 2 is 1.83 bits per heavy atom. The van der Waals surface area contributed by atoms with Crippen LogP contribution in [-0.4, -0.2) is 51.0 Å². The molecule has 0 radical (unpaired) electrons. The summed E-state index contributed by atoms with van der Waals surface area (Å²) in [6.07, 6.45) is 0.942. The van der Waals surface area contributed by atoms with E-state index in [0.717, 1.165) is 6.26 Å². The number of nitrogens with one attached hydrogen (secondary N) is 1. The second-order valence-electron chi connectivity index (χ2n) is 2.78. The number of amides is 1. The Labute approximate surface area is 71.7 Å². The molecule has 1 amide bonds. The number of hydrogen-bond acceptors (Lipinski definition) is 4. The van der Waals surface area contributed by atoms with Crippen molar-refractivity contribution in [3.05, 3.63) is 0 Å². The van der Waals surface area contributed by atoms with Gasteiger partial charge in [-0.2, -0.15) is 0 Å². The standard InChI is InChI=1S/C6H12N2O3S/c1-12(10,11)6(9)8-4-2-7-3-5-8/h7H,2-5H2,1H3. The minimum absolute atomic E-state index is 0.478. The van der Waals surface area contributed by atoms with E-state index in [1.54, 1.807) is 0 Å². The van der Waals surface area contributed by atoms with E-state index < -0.39 is 15.1 Å². The molecule has 0 aromatic carbocycles. The molecule has 0 aromatic rings. The van der Waals surface area contributed by atoms with Gasteiger partial charge in [0.15, 0.2) is 0 Å². The van der Waals surface area contributed by atoms with E-state index in [1.165, 1.54) is 4.90 Å². The Morgan fingerprint density at radius 3 is 2.25 bits per heavy atom. The van der Waals surface area contributed by atoms with Crippen LogP contribution in [0.2, 0.25) is 0 Å². The van der Waals surface area contributed by atoms with Gasteiger partial charge in [0.05, 0.1) is 0 Å². The lowest BCUT2D eigenvalue weighted by Crippen LogP contribution is -2.47. The molecule has 0 unspecified atom stereocenters. The van der Waals surface area contributed by atoms with Crippen LogP contribution in [0.25, 0.3) is 0 Å². The summed E-state index contributed by atoms with van der Waals surface area (Å²) in [7, 11) is -3.54. The summed E-state index contributed by atoms with van der Waals surface area (Å²) in [6.45, 7) is 2.29. The number of carbonyl (C=O) groups is 1. The Morgan fingerprint density at radius 1 is 1.33 bits per heavy atom. The molecule has 1 rings (SSSR count). The number of rotatable bonds is 0. The average molecular weight is 192 g/mol. The van der Waals surface area contributed by atoms with E-state index in [-0.39, 0.29) is 0 Å². The predicted molar refractivity (Wildman–Crippen MR) is 44.7 cm³/mol. The minimum Gasteiger partial charge on any atom is -0.327 e. The highest BCUT2D eigenvalue weighted by Gasteiger charge is 2.24. The van der Waals surface area contributed by atoms with Gasteiger partial charge in [0, 0.05) is 32.4 Å². The highest BCUT2D eigenvalue weighted by Crippen LogP contribution is 1.99. The van der Waals surface area contributed by atoms with Gasteiger partial charge in [-0.15, -0.1) is 0 Å². The molecule has 0 spiro atoms. The minimum atomic E-state index is -3.54. The molecule has 12 heavy (non-hydrogen) atoms. The Kier molecular flexibility index (Phi) is 2.69. The molecule has 1 N–H and O–H groups in total. The van der Waals surface area contributed by atoms with Crippen LogP contribution in [0.4, 0.5) is 4.79 Å². The van der Waals surface area contributed by atoms with E-state index in [2.05, 4.69) is 5.32 Å². The zero-order chi connectivity index (χ0) is 9.19. The molecule has 1 aliphatic rings. The molecule has 6 heteroatoms. The van der Waals surface area contributed by atoms with Crippen molar-refractivity contribution >= 4 is 15.1 Å². The maximum atomic E-state index is 11.1. The molecule has 1 heterocycles. The van der Waals surface area contributed by atoms with Gasteiger partial charge in [-0.05, 0) is 0 Å². The van der Waals surface area contributed by atoms with Crippen LogP contribution in [0, 0.1) is 0 Å². The van der Waals surface area contributed by atoms with Crippen LogP contribution >= 0.6 is 0 Å². The van der Waals surface area contributed by atoms with Crippen molar-refractivity contribution in [2.24, 2.45) is 0 Å². The Hall–Kier alpha value is -0.620. The second kappa shape index (κ2) is 3.40. The van der Waals surface area contributed by atoms with Crippen LogP contribution < -0.4 is 5.32 Å². The molecule has 1 fully saturated rings. The van der Waals surface area contributed by atoms with E-state index >= 15 is 0 Å². The van der Waals surface area contributed by atoms with Gasteiger partial charge in [0.2, 0.25) is 9.84 Å². The first-order valence-corrected chi connectivity index (χ1v) is 5.60. The van der Waals surface area contributed by atoms with Crippen LogP contribution in [0.3, 0.4) is 0 Å². The molecule has 70 valence electrons. The molecule has 1 aliphatic heterocycles. The fourth-order valence-electron chi connectivity index (χ4n) is 1.08. The molecule has 0 aliphatic carbocycles. The van der Waals surface area contributed by atoms with Crippen molar-refractivity contribution in [1.29, 1.82) is 0 Å². The number of sulfone groups is 1. The maximum absolute atomic E-state index is 11.1. The van der Waals surface area contributed by atoms with Crippen molar-refractivity contribution in [2.75, 3.05) is 32.4 Å². The van der Waals surface area contributed by atoms with E-state index in [9.17, 15) is 13.2 Å². The Bertz CT molecular complexity index is 267. The van der Waals surface area contributed by atoms with E-state index in [0.29, 0.717) is 26.2 Å². The lowest BCUT2D eigenvalue weighted by molar-refractivity contribution is 0.212. The van der Waals surface area contributed by atoms with Crippen molar-refractivity contribution in [2.45, 2.75) is 0 Å². The number of piperazine rings is 1. The first-order valence-electron chi connectivity index (χ1n) is 3.71. The van der Waals surface area contributed by atoms with Gasteiger partial charge >= 0.3 is 5.24 Å². The fraction of sp³-hybridized carbons (Fsp3) is 0.833. The quantitative estimate of drug-likeness (QED) is 0.537. The smallest absolute Gasteiger partial charge is 0.327 e. The number of nitrogens with zero attached hydrogens (tertiary/aromatic N) is 1. The summed E-state index contributed by atoms with van der Waals surface area (Å²) in [5.41, 5.74) is 0. The summed E-state index contributed by atoms with van der Waals surface area (Å²) in [5, 5.41) is 2.27. The first kappa shape index (κ1) is 9.47. The highest BCUT2D eigenvalue weighted by atomic mass is 32.2. The van der Waals surface area contributed by atoms with Crippen molar-refractivity contribution in [3.63, 3.8) is 0 Å². The zero-order valence-corrected chi connectivity index (χ0v) is 7.73. The highest BCUT2D eigenvalue weighted by molar-refractivity contribution is 8.05. The van der Waals surface area contributed by atoms with Gasteiger partial charge < -0.3 is 10.2 Å². The lowest BCUT2D eigenvalue weighted by atomic mass is 10.4. The molecule has 0 saturated carbocycles. The normalized spacial score (nSPS) is 19.2. The number of carbonyl (C=O) groups excluding carboxylic acids is 1. The van der Waals surface area contributed by atoms with Gasteiger partial charge in [-0.25, -0.2) is 8.42 Å². The summed E-state index contributed by atoms with van der Waals surface area (Å²) in [4.78, 5) is 12.5. The predicted octanol–water partition coefficient (Wildman–Crippen LogP) is -0.944. The van der Waals surface area contributed by atoms with Crippen LogP contribution in [0.1, 0.15) is 0 Å². The third-order valence-electron chi connectivity index (χ3n) is 1.69. The van der Waals surface area contributed by atoms with Crippen LogP contribution in [0.5, 0.6) is 0 Å². The largest absolute Gasteiger partial charge is 0.338 e. The van der Waals surface area contributed by atoms with Crippen molar-refractivity contribution < 1.29 is 13.2 Å². The summed E-state index contributed by atoms with van der Waals surface area (Å²) < 4.78 is 21.6. The maximum Gasteiger partial charge on any atom is 0.338 e. The van der Waals surface area contributed by atoms with Gasteiger partial charge in [-0.1, -0.05) is 0 Å². The Balaban J connectivity index is 2.64. The topological polar surface area (TPSA) is 66.5 Å². The van der Waals surface area contributed by atoms with Crippen LogP contribution in [0.15, 0.2) is 0 Å². The first-order chi connectivity index (χ1) is 5.52. The monoisotopic (exact) mass is 192 g/mol. The molecule has 1 saturated heterocycles. The summed E-state index contributed by atoms with van der Waals surface area (Å²) >= 11 is 0. The van der Waals surface area contributed by atoms with E-state index in [1.807, 2.05) is 0 Å². The number of hydrogen-bond donors (Lipinski definition) is 1. The molecular formula is C6H12N2O3S. The van der Waals surface area contributed by atoms with Crippen molar-refractivity contribution in [1.82, 2.24) is 10.2 Å². The van der Waals surface area contributed by atoms with E-state index in [4.69, 9.17) is 0 Å².